The number of esters is 1. The summed E-state index contributed by atoms with van der Waals surface area (Å²) in [5.41, 5.74) is 6.33. The third-order valence-corrected chi connectivity index (χ3v) is 3.62. The first-order valence-corrected chi connectivity index (χ1v) is 6.71. The minimum absolute atomic E-state index is 0.175. The van der Waals surface area contributed by atoms with Crippen molar-refractivity contribution in [1.82, 2.24) is 4.90 Å². The molecule has 0 saturated carbocycles. The van der Waals surface area contributed by atoms with E-state index in [2.05, 4.69) is 5.32 Å². The molecule has 0 spiro atoms. The van der Waals surface area contributed by atoms with Crippen molar-refractivity contribution in [3.63, 3.8) is 0 Å². The number of hydrogen-bond acceptors (Lipinski definition) is 6. The van der Waals surface area contributed by atoms with Crippen LogP contribution in [0.2, 0.25) is 0 Å². The number of methoxy groups -OCH3 is 1. The topological polar surface area (TPSA) is 84.7 Å². The van der Waals surface area contributed by atoms with Crippen molar-refractivity contribution in [3.05, 3.63) is 10.4 Å². The number of carbonyl (C=O) groups is 2. The lowest BCUT2D eigenvalue weighted by molar-refractivity contribution is 0.0603. The number of carbonyl (C=O) groups excluding carboxylic acids is 2. The van der Waals surface area contributed by atoms with Crippen LogP contribution in [0.1, 0.15) is 33.4 Å². The van der Waals surface area contributed by atoms with Crippen molar-refractivity contribution in [2.75, 3.05) is 38.8 Å². The number of rotatable bonds is 5. The van der Waals surface area contributed by atoms with Gasteiger partial charge in [-0.2, -0.15) is 0 Å². The van der Waals surface area contributed by atoms with Crippen molar-refractivity contribution >= 4 is 33.9 Å². The van der Waals surface area contributed by atoms with Gasteiger partial charge in [-0.1, -0.05) is 6.92 Å². The van der Waals surface area contributed by atoms with Gasteiger partial charge in [0.15, 0.2) is 0 Å². The molecule has 0 unspecified atom stereocenters. The molecule has 1 amide bonds. The first-order valence-electron chi connectivity index (χ1n) is 5.90. The van der Waals surface area contributed by atoms with E-state index in [4.69, 9.17) is 10.5 Å². The monoisotopic (exact) mass is 285 g/mol. The first-order chi connectivity index (χ1) is 8.93. The number of hydrogen-bond donors (Lipinski definition) is 2. The predicted octanol–water partition coefficient (Wildman–Crippen LogP) is 1.64. The van der Waals surface area contributed by atoms with Gasteiger partial charge in [-0.15, -0.1) is 11.3 Å². The highest BCUT2D eigenvalue weighted by atomic mass is 32.1. The zero-order chi connectivity index (χ0) is 14.6. The molecule has 0 radical (unpaired) electrons. The number of nitrogens with zero attached hydrogens (tertiary/aromatic N) is 1. The smallest absolute Gasteiger partial charge is 0.343 e. The van der Waals surface area contributed by atoms with E-state index >= 15 is 0 Å². The zero-order valence-corrected chi connectivity index (χ0v) is 12.4. The van der Waals surface area contributed by atoms with Crippen LogP contribution in [-0.2, 0) is 4.74 Å². The van der Waals surface area contributed by atoms with Gasteiger partial charge in [0.05, 0.1) is 12.8 Å². The highest BCUT2D eigenvalue weighted by Crippen LogP contribution is 2.36. The normalized spacial score (nSPS) is 10.1. The Kier molecular flexibility index (Phi) is 5.17. The van der Waals surface area contributed by atoms with Crippen molar-refractivity contribution in [3.8, 4) is 0 Å². The molecule has 1 aromatic heterocycles. The summed E-state index contributed by atoms with van der Waals surface area (Å²) in [6, 6.07) is 0. The summed E-state index contributed by atoms with van der Waals surface area (Å²) in [6.45, 7) is 2.70. The molecule has 0 aliphatic rings. The summed E-state index contributed by atoms with van der Waals surface area (Å²) in [7, 11) is 4.56. The summed E-state index contributed by atoms with van der Waals surface area (Å²) in [6.07, 6.45) is 0.898. The molecule has 3 N–H and O–H groups in total. The van der Waals surface area contributed by atoms with Crippen LogP contribution >= 0.6 is 11.3 Å². The zero-order valence-electron chi connectivity index (χ0n) is 11.6. The molecule has 7 heteroatoms. The average molecular weight is 285 g/mol. The van der Waals surface area contributed by atoms with Crippen LogP contribution < -0.4 is 11.1 Å². The van der Waals surface area contributed by atoms with E-state index in [1.54, 1.807) is 14.1 Å². The molecular weight excluding hydrogens is 266 g/mol. The maximum atomic E-state index is 12.0. The Balaban J connectivity index is 3.26. The van der Waals surface area contributed by atoms with Crippen LogP contribution in [0.15, 0.2) is 0 Å². The van der Waals surface area contributed by atoms with E-state index < -0.39 is 5.97 Å². The molecule has 0 saturated heterocycles. The van der Waals surface area contributed by atoms with Gasteiger partial charge < -0.3 is 20.7 Å². The van der Waals surface area contributed by atoms with E-state index in [-0.39, 0.29) is 17.2 Å². The Hall–Kier alpha value is -1.76. The maximum Gasteiger partial charge on any atom is 0.343 e. The van der Waals surface area contributed by atoms with E-state index in [9.17, 15) is 9.59 Å². The Morgan fingerprint density at radius 2 is 2.05 bits per heavy atom. The van der Waals surface area contributed by atoms with Crippen molar-refractivity contribution in [1.29, 1.82) is 0 Å². The standard InChI is InChI=1S/C12H19N3O3S/c1-5-6-14-10-7(12(17)18-4)8(13)9(19-10)11(16)15(2)3/h14H,5-6,13H2,1-4H3. The second kappa shape index (κ2) is 6.42. The first kappa shape index (κ1) is 15.3. The Morgan fingerprint density at radius 1 is 1.42 bits per heavy atom. The SMILES string of the molecule is CCCNc1sc(C(=O)N(C)C)c(N)c1C(=O)OC. The Labute approximate surface area is 116 Å². The number of amides is 1. The number of nitrogen functional groups attached to an aromatic ring is 1. The van der Waals surface area contributed by atoms with Crippen molar-refractivity contribution in [2.45, 2.75) is 13.3 Å². The minimum Gasteiger partial charge on any atom is -0.465 e. The Morgan fingerprint density at radius 3 is 2.53 bits per heavy atom. The summed E-state index contributed by atoms with van der Waals surface area (Å²) in [5, 5.41) is 3.68. The second-order valence-corrected chi connectivity index (χ2v) is 5.19. The lowest BCUT2D eigenvalue weighted by Gasteiger charge is -2.08. The number of nitrogens with one attached hydrogen (secondary N) is 1. The van der Waals surface area contributed by atoms with Crippen LogP contribution in [0.3, 0.4) is 0 Å². The third-order valence-electron chi connectivity index (χ3n) is 2.47. The van der Waals surface area contributed by atoms with Gasteiger partial charge in [0.1, 0.15) is 15.4 Å². The molecule has 0 bridgehead atoms. The van der Waals surface area contributed by atoms with E-state index in [0.29, 0.717) is 16.4 Å². The van der Waals surface area contributed by atoms with Gasteiger partial charge in [0, 0.05) is 20.6 Å². The van der Waals surface area contributed by atoms with Crippen LogP contribution in [0.5, 0.6) is 0 Å². The van der Waals surface area contributed by atoms with Crippen LogP contribution in [-0.4, -0.2) is 44.5 Å². The number of ether oxygens (including phenoxy) is 1. The second-order valence-electron chi connectivity index (χ2n) is 4.17. The molecule has 0 fully saturated rings. The molecule has 0 aromatic carbocycles. The molecular formula is C12H19N3O3S. The lowest BCUT2D eigenvalue weighted by atomic mass is 10.2. The van der Waals surface area contributed by atoms with Gasteiger partial charge in [0.2, 0.25) is 0 Å². The van der Waals surface area contributed by atoms with Gasteiger partial charge in [-0.3, -0.25) is 4.79 Å². The van der Waals surface area contributed by atoms with Crippen molar-refractivity contribution < 1.29 is 14.3 Å². The Bertz CT molecular complexity index is 483. The summed E-state index contributed by atoms with van der Waals surface area (Å²) < 4.78 is 4.71. The van der Waals surface area contributed by atoms with Gasteiger partial charge in [-0.05, 0) is 6.42 Å². The van der Waals surface area contributed by atoms with Crippen LogP contribution in [0, 0.1) is 0 Å². The fraction of sp³-hybridized carbons (Fsp3) is 0.500. The molecule has 1 rings (SSSR count). The summed E-state index contributed by atoms with van der Waals surface area (Å²) in [5.74, 6) is -0.762. The molecule has 1 aromatic rings. The summed E-state index contributed by atoms with van der Waals surface area (Å²) in [4.78, 5) is 25.5. The molecule has 6 nitrogen and oxygen atoms in total. The molecule has 19 heavy (non-hydrogen) atoms. The lowest BCUT2D eigenvalue weighted by Crippen LogP contribution is -2.21. The van der Waals surface area contributed by atoms with E-state index in [1.165, 1.54) is 23.3 Å². The highest BCUT2D eigenvalue weighted by molar-refractivity contribution is 7.19. The predicted molar refractivity (Wildman–Crippen MR) is 76.9 cm³/mol. The van der Waals surface area contributed by atoms with E-state index in [0.717, 1.165) is 6.42 Å². The van der Waals surface area contributed by atoms with Crippen LogP contribution in [0.4, 0.5) is 10.7 Å². The largest absolute Gasteiger partial charge is 0.465 e. The average Bonchev–Trinajstić information content (AvgIpc) is 2.71. The van der Waals surface area contributed by atoms with Crippen LogP contribution in [0.25, 0.3) is 0 Å². The molecule has 0 aliphatic carbocycles. The highest BCUT2D eigenvalue weighted by Gasteiger charge is 2.26. The third kappa shape index (κ3) is 3.17. The summed E-state index contributed by atoms with van der Waals surface area (Å²) >= 11 is 1.18. The number of nitrogens with two attached hydrogens (primary N) is 1. The maximum absolute atomic E-state index is 12.0. The van der Waals surface area contributed by atoms with E-state index in [1.807, 2.05) is 6.92 Å². The fourth-order valence-electron chi connectivity index (χ4n) is 1.47. The molecule has 106 valence electrons. The molecule has 0 atom stereocenters. The van der Waals surface area contributed by atoms with Gasteiger partial charge >= 0.3 is 5.97 Å². The number of thiophene rings is 1. The quantitative estimate of drug-likeness (QED) is 0.803. The number of anilines is 2. The van der Waals surface area contributed by atoms with Crippen molar-refractivity contribution in [2.24, 2.45) is 0 Å². The molecule has 1 heterocycles. The molecule has 0 aliphatic heterocycles. The van der Waals surface area contributed by atoms with Gasteiger partial charge in [0.25, 0.3) is 5.91 Å². The minimum atomic E-state index is -0.537. The fourth-order valence-corrected chi connectivity index (χ4v) is 2.63. The van der Waals surface area contributed by atoms with Gasteiger partial charge in [-0.25, -0.2) is 4.79 Å².